The molecule has 0 aliphatic rings. The maximum atomic E-state index is 11.9. The van der Waals surface area contributed by atoms with Gasteiger partial charge in [-0.05, 0) is 25.0 Å². The highest BCUT2D eigenvalue weighted by Gasteiger charge is 2.07. The number of carbonyl (C=O) groups is 1. The molecule has 0 saturated carbocycles. The summed E-state index contributed by atoms with van der Waals surface area (Å²) >= 11 is 0. The lowest BCUT2D eigenvalue weighted by molar-refractivity contribution is -0.125. The molecule has 3 heteroatoms. The van der Waals surface area contributed by atoms with Gasteiger partial charge in [0.2, 0.25) is 5.91 Å². The lowest BCUT2D eigenvalue weighted by atomic mass is 10.1. The SMILES string of the molecule is CCOc1ccccc1/C=C/C(=O)N(C)CC(C)C. The first-order chi connectivity index (χ1) is 9.04. The Balaban J connectivity index is 2.73. The maximum absolute atomic E-state index is 11.9. The summed E-state index contributed by atoms with van der Waals surface area (Å²) in [6.07, 6.45) is 3.41. The van der Waals surface area contributed by atoms with Crippen molar-refractivity contribution >= 4 is 12.0 Å². The number of likely N-dealkylation sites (N-methyl/N-ethyl adjacent to an activating group) is 1. The number of carbonyl (C=O) groups excluding carboxylic acids is 1. The topological polar surface area (TPSA) is 29.5 Å². The monoisotopic (exact) mass is 261 g/mol. The molecule has 0 fully saturated rings. The Morgan fingerprint density at radius 3 is 2.68 bits per heavy atom. The summed E-state index contributed by atoms with van der Waals surface area (Å²) in [5.41, 5.74) is 0.927. The van der Waals surface area contributed by atoms with E-state index in [0.717, 1.165) is 17.9 Å². The molecule has 0 aromatic heterocycles. The van der Waals surface area contributed by atoms with Crippen molar-refractivity contribution in [2.75, 3.05) is 20.2 Å². The first kappa shape index (κ1) is 15.3. The zero-order chi connectivity index (χ0) is 14.3. The van der Waals surface area contributed by atoms with Crippen LogP contribution in [0.2, 0.25) is 0 Å². The largest absolute Gasteiger partial charge is 0.493 e. The number of rotatable bonds is 6. The smallest absolute Gasteiger partial charge is 0.246 e. The number of benzene rings is 1. The quantitative estimate of drug-likeness (QED) is 0.736. The van der Waals surface area contributed by atoms with E-state index in [9.17, 15) is 4.79 Å². The Morgan fingerprint density at radius 1 is 1.37 bits per heavy atom. The third kappa shape index (κ3) is 5.16. The van der Waals surface area contributed by atoms with Crippen LogP contribution in [-0.2, 0) is 4.79 Å². The summed E-state index contributed by atoms with van der Waals surface area (Å²) in [5.74, 6) is 1.29. The predicted molar refractivity (Wildman–Crippen MR) is 79.1 cm³/mol. The summed E-state index contributed by atoms with van der Waals surface area (Å²) in [6, 6.07) is 7.71. The standard InChI is InChI=1S/C16H23NO2/c1-5-19-15-9-7-6-8-14(15)10-11-16(18)17(4)12-13(2)3/h6-11,13H,5,12H2,1-4H3/b11-10+. The summed E-state index contributed by atoms with van der Waals surface area (Å²) < 4.78 is 5.52. The normalized spacial score (nSPS) is 11.0. The molecule has 19 heavy (non-hydrogen) atoms. The van der Waals surface area contributed by atoms with Crippen molar-refractivity contribution in [3.63, 3.8) is 0 Å². The number of nitrogens with zero attached hydrogens (tertiary/aromatic N) is 1. The fraction of sp³-hybridized carbons (Fsp3) is 0.438. The molecule has 104 valence electrons. The van der Waals surface area contributed by atoms with Crippen molar-refractivity contribution in [2.24, 2.45) is 5.92 Å². The highest BCUT2D eigenvalue weighted by molar-refractivity contribution is 5.92. The summed E-state index contributed by atoms with van der Waals surface area (Å²) in [4.78, 5) is 13.6. The average Bonchev–Trinajstić information content (AvgIpc) is 2.37. The molecule has 0 N–H and O–H groups in total. The third-order valence-electron chi connectivity index (χ3n) is 2.64. The van der Waals surface area contributed by atoms with Crippen LogP contribution in [0.1, 0.15) is 26.3 Å². The van der Waals surface area contributed by atoms with Gasteiger partial charge in [-0.15, -0.1) is 0 Å². The number of para-hydroxylation sites is 1. The number of amides is 1. The van der Waals surface area contributed by atoms with Gasteiger partial charge in [0.05, 0.1) is 6.61 Å². The van der Waals surface area contributed by atoms with Crippen LogP contribution in [0, 0.1) is 5.92 Å². The van der Waals surface area contributed by atoms with Crippen molar-refractivity contribution in [3.05, 3.63) is 35.9 Å². The van der Waals surface area contributed by atoms with E-state index < -0.39 is 0 Å². The minimum atomic E-state index is 0.0139. The molecule has 0 aliphatic carbocycles. The van der Waals surface area contributed by atoms with Gasteiger partial charge in [-0.25, -0.2) is 0 Å². The van der Waals surface area contributed by atoms with E-state index in [1.54, 1.807) is 11.0 Å². The van der Waals surface area contributed by atoms with Crippen molar-refractivity contribution < 1.29 is 9.53 Å². The minimum Gasteiger partial charge on any atom is -0.493 e. The van der Waals surface area contributed by atoms with E-state index in [0.29, 0.717) is 12.5 Å². The Hall–Kier alpha value is -1.77. The Labute approximate surface area is 115 Å². The van der Waals surface area contributed by atoms with Gasteiger partial charge in [0, 0.05) is 25.2 Å². The molecule has 0 radical (unpaired) electrons. The molecule has 0 saturated heterocycles. The molecule has 0 atom stereocenters. The molecule has 0 heterocycles. The van der Waals surface area contributed by atoms with Crippen LogP contribution in [-0.4, -0.2) is 31.0 Å². The van der Waals surface area contributed by atoms with E-state index in [-0.39, 0.29) is 5.91 Å². The molecule has 3 nitrogen and oxygen atoms in total. The molecule has 0 spiro atoms. The highest BCUT2D eigenvalue weighted by Crippen LogP contribution is 2.19. The van der Waals surface area contributed by atoms with Gasteiger partial charge in [0.15, 0.2) is 0 Å². The Kier molecular flexibility index (Phi) is 6.13. The van der Waals surface area contributed by atoms with E-state index in [4.69, 9.17) is 4.74 Å². The minimum absolute atomic E-state index is 0.0139. The Morgan fingerprint density at radius 2 is 2.05 bits per heavy atom. The van der Waals surface area contributed by atoms with Gasteiger partial charge in [0.25, 0.3) is 0 Å². The molecule has 1 aromatic rings. The second-order valence-electron chi connectivity index (χ2n) is 4.92. The van der Waals surface area contributed by atoms with Crippen LogP contribution >= 0.6 is 0 Å². The third-order valence-corrected chi connectivity index (χ3v) is 2.64. The van der Waals surface area contributed by atoms with E-state index in [1.165, 1.54) is 0 Å². The van der Waals surface area contributed by atoms with Crippen LogP contribution in [0.5, 0.6) is 5.75 Å². The van der Waals surface area contributed by atoms with Gasteiger partial charge in [-0.3, -0.25) is 4.79 Å². The second-order valence-corrected chi connectivity index (χ2v) is 4.92. The van der Waals surface area contributed by atoms with Crippen molar-refractivity contribution in [3.8, 4) is 5.75 Å². The fourth-order valence-corrected chi connectivity index (χ4v) is 1.83. The van der Waals surface area contributed by atoms with Gasteiger partial charge in [-0.1, -0.05) is 32.0 Å². The zero-order valence-electron chi connectivity index (χ0n) is 12.2. The maximum Gasteiger partial charge on any atom is 0.246 e. The van der Waals surface area contributed by atoms with Gasteiger partial charge in [-0.2, -0.15) is 0 Å². The van der Waals surface area contributed by atoms with Crippen LogP contribution < -0.4 is 4.74 Å². The number of ether oxygens (including phenoxy) is 1. The van der Waals surface area contributed by atoms with Crippen LogP contribution in [0.15, 0.2) is 30.3 Å². The molecule has 1 rings (SSSR count). The number of hydrogen-bond acceptors (Lipinski definition) is 2. The van der Waals surface area contributed by atoms with Crippen LogP contribution in [0.25, 0.3) is 6.08 Å². The molecule has 1 amide bonds. The molecular weight excluding hydrogens is 238 g/mol. The van der Waals surface area contributed by atoms with Crippen molar-refractivity contribution in [2.45, 2.75) is 20.8 Å². The Bertz CT molecular complexity index is 438. The van der Waals surface area contributed by atoms with E-state index in [1.807, 2.05) is 44.3 Å². The van der Waals surface area contributed by atoms with Crippen LogP contribution in [0.3, 0.4) is 0 Å². The van der Waals surface area contributed by atoms with Crippen molar-refractivity contribution in [1.82, 2.24) is 4.90 Å². The molecule has 1 aromatic carbocycles. The lowest BCUT2D eigenvalue weighted by Crippen LogP contribution is -2.28. The van der Waals surface area contributed by atoms with Crippen LogP contribution in [0.4, 0.5) is 0 Å². The molecule has 0 unspecified atom stereocenters. The first-order valence-corrected chi connectivity index (χ1v) is 6.69. The fourth-order valence-electron chi connectivity index (χ4n) is 1.83. The summed E-state index contributed by atoms with van der Waals surface area (Å²) in [7, 11) is 1.82. The zero-order valence-corrected chi connectivity index (χ0v) is 12.2. The van der Waals surface area contributed by atoms with Gasteiger partial charge < -0.3 is 9.64 Å². The first-order valence-electron chi connectivity index (χ1n) is 6.69. The molecule has 0 aliphatic heterocycles. The van der Waals surface area contributed by atoms with Gasteiger partial charge >= 0.3 is 0 Å². The molecular formula is C16H23NO2. The van der Waals surface area contributed by atoms with E-state index >= 15 is 0 Å². The number of hydrogen-bond donors (Lipinski definition) is 0. The second kappa shape index (κ2) is 7.62. The van der Waals surface area contributed by atoms with E-state index in [2.05, 4.69) is 13.8 Å². The highest BCUT2D eigenvalue weighted by atomic mass is 16.5. The summed E-state index contributed by atoms with van der Waals surface area (Å²) in [6.45, 7) is 7.51. The average molecular weight is 261 g/mol. The van der Waals surface area contributed by atoms with Gasteiger partial charge in [0.1, 0.15) is 5.75 Å². The summed E-state index contributed by atoms with van der Waals surface area (Å²) in [5, 5.41) is 0. The molecule has 0 bridgehead atoms. The lowest BCUT2D eigenvalue weighted by Gasteiger charge is -2.17. The predicted octanol–water partition coefficient (Wildman–Crippen LogP) is 3.21. The van der Waals surface area contributed by atoms with Crippen molar-refractivity contribution in [1.29, 1.82) is 0 Å².